The van der Waals surface area contributed by atoms with Crippen LogP contribution in [0.25, 0.3) is 0 Å². The molecule has 1 aliphatic rings. The van der Waals surface area contributed by atoms with Gasteiger partial charge in [-0.2, -0.15) is 0 Å². The lowest BCUT2D eigenvalue weighted by molar-refractivity contribution is -0.386. The van der Waals surface area contributed by atoms with Crippen molar-refractivity contribution in [3.05, 3.63) is 33.9 Å². The van der Waals surface area contributed by atoms with Crippen LogP contribution < -0.4 is 4.74 Å². The standard InChI is InChI=1S/C15H20ClNO3/c1-4-15(5-2)12(16)9-13(15)20-11-8-6-7-10(3)14(11)17(18)19/h6-8,12-13H,4-5,9H2,1-3H3. The molecule has 0 amide bonds. The first kappa shape index (κ1) is 15.1. The zero-order valence-corrected chi connectivity index (χ0v) is 12.8. The molecule has 5 heteroatoms. The molecule has 1 aliphatic carbocycles. The summed E-state index contributed by atoms with van der Waals surface area (Å²) >= 11 is 6.35. The minimum absolute atomic E-state index is 0.0412. The highest BCUT2D eigenvalue weighted by Gasteiger charge is 2.54. The van der Waals surface area contributed by atoms with E-state index in [9.17, 15) is 10.1 Å². The van der Waals surface area contributed by atoms with Crippen molar-refractivity contribution in [1.29, 1.82) is 0 Å². The van der Waals surface area contributed by atoms with E-state index in [2.05, 4.69) is 13.8 Å². The highest BCUT2D eigenvalue weighted by atomic mass is 35.5. The van der Waals surface area contributed by atoms with Gasteiger partial charge in [-0.1, -0.05) is 26.0 Å². The van der Waals surface area contributed by atoms with Crippen molar-refractivity contribution in [2.45, 2.75) is 51.5 Å². The van der Waals surface area contributed by atoms with E-state index in [1.54, 1.807) is 25.1 Å². The number of rotatable bonds is 5. The van der Waals surface area contributed by atoms with Gasteiger partial charge in [0, 0.05) is 22.8 Å². The molecule has 2 atom stereocenters. The second kappa shape index (κ2) is 5.60. The lowest BCUT2D eigenvalue weighted by atomic mass is 9.62. The molecule has 0 spiro atoms. The van der Waals surface area contributed by atoms with Crippen molar-refractivity contribution < 1.29 is 9.66 Å². The minimum atomic E-state index is -0.374. The zero-order chi connectivity index (χ0) is 14.9. The molecule has 2 unspecified atom stereocenters. The molecule has 4 nitrogen and oxygen atoms in total. The molecule has 0 saturated heterocycles. The van der Waals surface area contributed by atoms with Gasteiger partial charge in [-0.05, 0) is 25.8 Å². The Bertz CT molecular complexity index is 514. The number of aryl methyl sites for hydroxylation is 1. The maximum absolute atomic E-state index is 11.2. The topological polar surface area (TPSA) is 52.4 Å². The van der Waals surface area contributed by atoms with Crippen molar-refractivity contribution in [3.63, 3.8) is 0 Å². The molecule has 1 saturated carbocycles. The number of ether oxygens (including phenoxy) is 1. The number of hydrogen-bond donors (Lipinski definition) is 0. The average Bonchev–Trinajstić information content (AvgIpc) is 2.39. The van der Waals surface area contributed by atoms with Gasteiger partial charge < -0.3 is 4.74 Å². The van der Waals surface area contributed by atoms with Gasteiger partial charge in [0.2, 0.25) is 0 Å². The molecule has 0 aliphatic heterocycles. The third-order valence-electron chi connectivity index (χ3n) is 4.66. The zero-order valence-electron chi connectivity index (χ0n) is 12.1. The van der Waals surface area contributed by atoms with E-state index in [0.717, 1.165) is 19.3 Å². The molecule has 0 N–H and O–H groups in total. The maximum Gasteiger partial charge on any atom is 0.313 e. The second-order valence-corrected chi connectivity index (χ2v) is 5.96. The van der Waals surface area contributed by atoms with Gasteiger partial charge in [0.1, 0.15) is 6.10 Å². The van der Waals surface area contributed by atoms with E-state index < -0.39 is 0 Å². The summed E-state index contributed by atoms with van der Waals surface area (Å²) in [6, 6.07) is 5.18. The molecule has 0 aromatic heterocycles. The van der Waals surface area contributed by atoms with Crippen LogP contribution in [0.1, 0.15) is 38.7 Å². The lowest BCUT2D eigenvalue weighted by Gasteiger charge is -2.52. The number of alkyl halides is 1. The Morgan fingerprint density at radius 2 is 2.10 bits per heavy atom. The predicted molar refractivity (Wildman–Crippen MR) is 79.5 cm³/mol. The first-order chi connectivity index (χ1) is 9.46. The highest BCUT2D eigenvalue weighted by molar-refractivity contribution is 6.21. The summed E-state index contributed by atoms with van der Waals surface area (Å²) in [6.07, 6.45) is 2.54. The monoisotopic (exact) mass is 297 g/mol. The van der Waals surface area contributed by atoms with E-state index >= 15 is 0 Å². The molecular weight excluding hydrogens is 278 g/mol. The van der Waals surface area contributed by atoms with E-state index in [0.29, 0.717) is 11.3 Å². The van der Waals surface area contributed by atoms with E-state index in [1.165, 1.54) is 0 Å². The minimum Gasteiger partial charge on any atom is -0.483 e. The Kier molecular flexibility index (Phi) is 4.23. The number of hydrogen-bond acceptors (Lipinski definition) is 3. The summed E-state index contributed by atoms with van der Waals surface area (Å²) in [7, 11) is 0. The first-order valence-electron chi connectivity index (χ1n) is 7.01. The van der Waals surface area contributed by atoms with E-state index in [-0.39, 0.29) is 27.5 Å². The molecule has 2 rings (SSSR count). The molecule has 1 aromatic rings. The summed E-state index contributed by atoms with van der Waals surface area (Å²) in [4.78, 5) is 10.8. The first-order valence-corrected chi connectivity index (χ1v) is 7.44. The van der Waals surface area contributed by atoms with Crippen molar-refractivity contribution in [2.24, 2.45) is 5.41 Å². The van der Waals surface area contributed by atoms with Crippen molar-refractivity contribution in [3.8, 4) is 5.75 Å². The summed E-state index contributed by atoms with van der Waals surface area (Å²) in [5.41, 5.74) is 0.610. The normalized spacial score (nSPS) is 24.0. The summed E-state index contributed by atoms with van der Waals surface area (Å²) < 4.78 is 5.97. The number of para-hydroxylation sites is 1. The van der Waals surface area contributed by atoms with Gasteiger partial charge in [0.15, 0.2) is 5.75 Å². The van der Waals surface area contributed by atoms with E-state index in [4.69, 9.17) is 16.3 Å². The predicted octanol–water partition coefficient (Wildman–Crippen LogP) is 4.47. The molecular formula is C15H20ClNO3. The van der Waals surface area contributed by atoms with Crippen LogP contribution in [0, 0.1) is 22.5 Å². The van der Waals surface area contributed by atoms with Gasteiger partial charge in [0.25, 0.3) is 0 Å². The van der Waals surface area contributed by atoms with Crippen LogP contribution in [0.3, 0.4) is 0 Å². The average molecular weight is 298 g/mol. The molecule has 20 heavy (non-hydrogen) atoms. The van der Waals surface area contributed by atoms with Crippen LogP contribution in [0.5, 0.6) is 5.75 Å². The Labute approximate surface area is 124 Å². The van der Waals surface area contributed by atoms with Crippen LogP contribution in [-0.2, 0) is 0 Å². The molecule has 0 radical (unpaired) electrons. The highest BCUT2D eigenvalue weighted by Crippen LogP contribution is 2.52. The van der Waals surface area contributed by atoms with Crippen molar-refractivity contribution in [2.75, 3.05) is 0 Å². The molecule has 1 fully saturated rings. The number of halogens is 1. The Balaban J connectivity index is 2.28. The lowest BCUT2D eigenvalue weighted by Crippen LogP contribution is -2.56. The van der Waals surface area contributed by atoms with Crippen LogP contribution in [-0.4, -0.2) is 16.4 Å². The number of nitro benzene ring substituents is 1. The Morgan fingerprint density at radius 3 is 2.60 bits per heavy atom. The summed E-state index contributed by atoms with van der Waals surface area (Å²) in [6.45, 7) is 5.92. The number of nitro groups is 1. The van der Waals surface area contributed by atoms with Crippen LogP contribution in [0.4, 0.5) is 5.69 Å². The van der Waals surface area contributed by atoms with E-state index in [1.807, 2.05) is 0 Å². The van der Waals surface area contributed by atoms with Crippen LogP contribution in [0.15, 0.2) is 18.2 Å². The van der Waals surface area contributed by atoms with Crippen molar-refractivity contribution >= 4 is 17.3 Å². The largest absolute Gasteiger partial charge is 0.483 e. The SMILES string of the molecule is CCC1(CC)C(Cl)CC1Oc1cccc(C)c1[N+](=O)[O-]. The summed E-state index contributed by atoms with van der Waals surface area (Å²) in [5, 5.41) is 11.3. The van der Waals surface area contributed by atoms with Crippen LogP contribution in [0.2, 0.25) is 0 Å². The molecule has 1 aromatic carbocycles. The maximum atomic E-state index is 11.2. The van der Waals surface area contributed by atoms with Gasteiger partial charge in [0.05, 0.1) is 4.92 Å². The quantitative estimate of drug-likeness (QED) is 0.458. The van der Waals surface area contributed by atoms with Gasteiger partial charge >= 0.3 is 5.69 Å². The summed E-state index contributed by atoms with van der Waals surface area (Å²) in [5.74, 6) is 0.356. The second-order valence-electron chi connectivity index (χ2n) is 5.43. The van der Waals surface area contributed by atoms with Crippen LogP contribution >= 0.6 is 11.6 Å². The Hall–Kier alpha value is -1.29. The van der Waals surface area contributed by atoms with Crippen molar-refractivity contribution in [1.82, 2.24) is 0 Å². The van der Waals surface area contributed by atoms with Gasteiger partial charge in [-0.3, -0.25) is 10.1 Å². The van der Waals surface area contributed by atoms with Gasteiger partial charge in [-0.25, -0.2) is 0 Å². The molecule has 110 valence electrons. The Morgan fingerprint density at radius 1 is 1.45 bits per heavy atom. The third kappa shape index (κ3) is 2.26. The fraction of sp³-hybridized carbons (Fsp3) is 0.600. The number of nitrogens with zero attached hydrogens (tertiary/aromatic N) is 1. The third-order valence-corrected chi connectivity index (χ3v) is 5.27. The fourth-order valence-electron chi connectivity index (χ4n) is 3.13. The molecule has 0 heterocycles. The molecule has 0 bridgehead atoms. The van der Waals surface area contributed by atoms with Gasteiger partial charge in [-0.15, -0.1) is 11.6 Å². The fourth-order valence-corrected chi connectivity index (χ4v) is 3.74. The smallest absolute Gasteiger partial charge is 0.313 e. The number of benzene rings is 1.